The monoisotopic (exact) mass is 376 g/mol. The van der Waals surface area contributed by atoms with Crippen molar-refractivity contribution >= 4 is 37.7 Å². The molecule has 0 aliphatic carbocycles. The van der Waals surface area contributed by atoms with Gasteiger partial charge in [-0.05, 0) is 53.6 Å². The highest BCUT2D eigenvalue weighted by molar-refractivity contribution is 9.12. The topological polar surface area (TPSA) is 37.9 Å². The van der Waals surface area contributed by atoms with Crippen LogP contribution < -0.4 is 4.74 Å². The van der Waals surface area contributed by atoms with E-state index in [2.05, 4.69) is 42.7 Å². The Hall–Kier alpha value is -2.77. The lowest BCUT2D eigenvalue weighted by Crippen LogP contribution is -1.88. The Bertz CT molecular complexity index is 1100. The van der Waals surface area contributed by atoms with E-state index in [-0.39, 0.29) is 0 Å². The van der Waals surface area contributed by atoms with Gasteiger partial charge in [0.2, 0.25) is 0 Å². The third-order valence-electron chi connectivity index (χ3n) is 4.00. The Labute approximate surface area is 147 Å². The molecule has 0 spiro atoms. The standard InChI is InChI=1S/C20H13BrN2O/c1-13-17(9-10-21)22-12-19-20(13)16-11-15(7-8-18(16)23-19)24-14-5-3-2-4-6-14/h2-8,11-12,23H,1H3. The van der Waals surface area contributed by atoms with Crippen LogP contribution in [0.15, 0.2) is 54.7 Å². The van der Waals surface area contributed by atoms with Gasteiger partial charge in [-0.2, -0.15) is 0 Å². The van der Waals surface area contributed by atoms with Gasteiger partial charge < -0.3 is 9.72 Å². The maximum atomic E-state index is 5.96. The van der Waals surface area contributed by atoms with E-state index < -0.39 is 0 Å². The maximum Gasteiger partial charge on any atom is 0.128 e. The van der Waals surface area contributed by atoms with Gasteiger partial charge in [0.25, 0.3) is 0 Å². The Morgan fingerprint density at radius 3 is 2.67 bits per heavy atom. The van der Waals surface area contributed by atoms with Crippen LogP contribution in [-0.2, 0) is 0 Å². The largest absolute Gasteiger partial charge is 0.457 e. The normalized spacial score (nSPS) is 10.6. The van der Waals surface area contributed by atoms with Gasteiger partial charge in [-0.1, -0.05) is 18.2 Å². The molecule has 116 valence electrons. The maximum absolute atomic E-state index is 5.96. The molecular weight excluding hydrogens is 364 g/mol. The Balaban J connectivity index is 1.89. The fourth-order valence-corrected chi connectivity index (χ4v) is 3.08. The van der Waals surface area contributed by atoms with Gasteiger partial charge in [-0.15, -0.1) is 0 Å². The Kier molecular flexibility index (Phi) is 3.72. The highest BCUT2D eigenvalue weighted by Crippen LogP contribution is 2.32. The van der Waals surface area contributed by atoms with Crippen molar-refractivity contribution in [2.24, 2.45) is 0 Å². The molecule has 4 aromatic rings. The minimum atomic E-state index is 0.773. The van der Waals surface area contributed by atoms with E-state index in [1.54, 1.807) is 0 Å². The van der Waals surface area contributed by atoms with Crippen LogP contribution in [0, 0.1) is 17.7 Å². The van der Waals surface area contributed by atoms with Crippen molar-refractivity contribution in [2.45, 2.75) is 6.92 Å². The van der Waals surface area contributed by atoms with Crippen LogP contribution in [0.4, 0.5) is 0 Å². The molecule has 0 radical (unpaired) electrons. The first-order valence-corrected chi connectivity index (χ1v) is 8.31. The lowest BCUT2D eigenvalue weighted by molar-refractivity contribution is 0.483. The van der Waals surface area contributed by atoms with Crippen LogP contribution >= 0.6 is 15.9 Å². The number of nitrogens with zero attached hydrogens (tertiary/aromatic N) is 1. The zero-order valence-electron chi connectivity index (χ0n) is 12.9. The summed E-state index contributed by atoms with van der Waals surface area (Å²) in [6, 6.07) is 15.8. The quantitative estimate of drug-likeness (QED) is 0.467. The number of halogens is 1. The molecule has 2 aromatic heterocycles. The number of hydrogen-bond acceptors (Lipinski definition) is 2. The summed E-state index contributed by atoms with van der Waals surface area (Å²) in [6.07, 6.45) is 1.83. The second kappa shape index (κ2) is 6.03. The zero-order valence-corrected chi connectivity index (χ0v) is 14.5. The predicted molar refractivity (Wildman–Crippen MR) is 101 cm³/mol. The van der Waals surface area contributed by atoms with Crippen molar-refractivity contribution in [2.75, 3.05) is 0 Å². The van der Waals surface area contributed by atoms with E-state index in [1.165, 1.54) is 0 Å². The van der Waals surface area contributed by atoms with Crippen molar-refractivity contribution in [1.82, 2.24) is 9.97 Å². The van der Waals surface area contributed by atoms with E-state index in [1.807, 2.05) is 55.6 Å². The van der Waals surface area contributed by atoms with E-state index in [4.69, 9.17) is 4.74 Å². The summed E-state index contributed by atoms with van der Waals surface area (Å²) in [4.78, 5) is 10.6. The van der Waals surface area contributed by atoms with Gasteiger partial charge in [0.15, 0.2) is 0 Å². The first-order valence-electron chi connectivity index (χ1n) is 7.52. The molecule has 4 heteroatoms. The summed E-state index contributed by atoms with van der Waals surface area (Å²) >= 11 is 3.14. The van der Waals surface area contributed by atoms with Crippen molar-refractivity contribution in [3.8, 4) is 22.2 Å². The summed E-state index contributed by atoms with van der Waals surface area (Å²) in [6.45, 7) is 2.04. The van der Waals surface area contributed by atoms with Crippen LogP contribution in [-0.4, -0.2) is 9.97 Å². The van der Waals surface area contributed by atoms with Crippen LogP contribution in [0.3, 0.4) is 0 Å². The highest BCUT2D eigenvalue weighted by Gasteiger charge is 2.11. The van der Waals surface area contributed by atoms with E-state index >= 15 is 0 Å². The molecule has 2 aromatic carbocycles. The number of hydrogen-bond donors (Lipinski definition) is 1. The molecule has 2 heterocycles. The first kappa shape index (κ1) is 14.8. The minimum absolute atomic E-state index is 0.773. The number of pyridine rings is 1. The number of aryl methyl sites for hydroxylation is 1. The third-order valence-corrected chi connectivity index (χ3v) is 4.19. The molecule has 0 bridgehead atoms. The molecule has 0 unspecified atom stereocenters. The van der Waals surface area contributed by atoms with Gasteiger partial charge >= 0.3 is 0 Å². The van der Waals surface area contributed by atoms with Gasteiger partial charge in [-0.3, -0.25) is 0 Å². The Morgan fingerprint density at radius 1 is 1.04 bits per heavy atom. The molecule has 0 amide bonds. The highest BCUT2D eigenvalue weighted by atomic mass is 79.9. The molecule has 0 saturated heterocycles. The fourth-order valence-electron chi connectivity index (χ4n) is 2.90. The van der Waals surface area contributed by atoms with Crippen LogP contribution in [0.2, 0.25) is 0 Å². The molecule has 0 atom stereocenters. The summed E-state index contributed by atoms with van der Waals surface area (Å²) in [5.74, 6) is 4.61. The fraction of sp³-hybridized carbons (Fsp3) is 0.0500. The summed E-state index contributed by atoms with van der Waals surface area (Å²) in [5, 5.41) is 2.24. The first-order chi connectivity index (χ1) is 11.8. The summed E-state index contributed by atoms with van der Waals surface area (Å²) in [5.41, 5.74) is 3.89. The number of ether oxygens (including phenoxy) is 1. The van der Waals surface area contributed by atoms with Gasteiger partial charge in [0.05, 0.1) is 11.7 Å². The second-order valence-corrected chi connectivity index (χ2v) is 5.88. The average Bonchev–Trinajstić information content (AvgIpc) is 2.97. The summed E-state index contributed by atoms with van der Waals surface area (Å²) < 4.78 is 5.96. The second-order valence-electron chi connectivity index (χ2n) is 5.49. The molecule has 0 fully saturated rings. The molecule has 0 saturated carbocycles. The van der Waals surface area contributed by atoms with Crippen LogP contribution in [0.1, 0.15) is 11.3 Å². The number of aromatic nitrogens is 2. The van der Waals surface area contributed by atoms with E-state index in [0.29, 0.717) is 0 Å². The molecule has 24 heavy (non-hydrogen) atoms. The number of aromatic amines is 1. The van der Waals surface area contributed by atoms with Crippen molar-refractivity contribution in [3.63, 3.8) is 0 Å². The number of nitrogens with one attached hydrogen (secondary N) is 1. The van der Waals surface area contributed by atoms with Crippen molar-refractivity contribution in [3.05, 3.63) is 66.0 Å². The van der Waals surface area contributed by atoms with Crippen molar-refractivity contribution in [1.29, 1.82) is 0 Å². The predicted octanol–water partition coefficient (Wildman–Crippen LogP) is 5.52. The van der Waals surface area contributed by atoms with E-state index in [0.717, 1.165) is 44.6 Å². The number of H-pyrrole nitrogens is 1. The van der Waals surface area contributed by atoms with Crippen molar-refractivity contribution < 1.29 is 4.74 Å². The molecule has 1 N–H and O–H groups in total. The molecule has 3 nitrogen and oxygen atoms in total. The lowest BCUT2D eigenvalue weighted by atomic mass is 10.1. The zero-order chi connectivity index (χ0) is 16.5. The van der Waals surface area contributed by atoms with Gasteiger partial charge in [-0.25, -0.2) is 4.98 Å². The van der Waals surface area contributed by atoms with Crippen LogP contribution in [0.5, 0.6) is 11.5 Å². The Morgan fingerprint density at radius 2 is 1.88 bits per heavy atom. The third kappa shape index (κ3) is 2.53. The number of para-hydroxylation sites is 1. The number of rotatable bonds is 2. The molecular formula is C20H13BrN2O. The lowest BCUT2D eigenvalue weighted by Gasteiger charge is -2.06. The number of fused-ring (bicyclic) bond motifs is 3. The van der Waals surface area contributed by atoms with Gasteiger partial charge in [0.1, 0.15) is 17.2 Å². The van der Waals surface area contributed by atoms with Gasteiger partial charge in [0, 0.05) is 32.2 Å². The minimum Gasteiger partial charge on any atom is -0.457 e. The molecule has 0 aliphatic rings. The molecule has 0 aliphatic heterocycles. The smallest absolute Gasteiger partial charge is 0.128 e. The van der Waals surface area contributed by atoms with Crippen LogP contribution in [0.25, 0.3) is 21.8 Å². The average molecular weight is 377 g/mol. The summed E-state index contributed by atoms with van der Waals surface area (Å²) in [7, 11) is 0. The SMILES string of the molecule is Cc1c(C#CBr)ncc2[nH]c3ccc(Oc4ccccc4)cc3c12. The van der Waals surface area contributed by atoms with E-state index in [9.17, 15) is 0 Å². The molecule has 4 rings (SSSR count). The number of benzene rings is 2.